The number of pyridine rings is 1. The van der Waals surface area contributed by atoms with Crippen LogP contribution in [0.4, 0.5) is 5.69 Å². The van der Waals surface area contributed by atoms with Gasteiger partial charge in [-0.15, -0.1) is 0 Å². The van der Waals surface area contributed by atoms with E-state index in [2.05, 4.69) is 25.9 Å². The number of fused-ring (bicyclic) bond motifs is 1. The number of nitrogens with zero attached hydrogens (tertiary/aromatic N) is 3. The SMILES string of the molecule is COC(=O)CN1C(=O)CN=C(c2ccccn2)c2cc(Br)ccc21. The lowest BCUT2D eigenvalue weighted by Crippen LogP contribution is -2.37. The molecular weight excluding hydrogens is 374 g/mol. The molecule has 2 heterocycles. The minimum absolute atomic E-state index is 0.0603. The summed E-state index contributed by atoms with van der Waals surface area (Å²) in [5.41, 5.74) is 2.63. The van der Waals surface area contributed by atoms with Gasteiger partial charge in [-0.3, -0.25) is 24.5 Å². The van der Waals surface area contributed by atoms with Crippen molar-refractivity contribution in [3.05, 3.63) is 58.3 Å². The topological polar surface area (TPSA) is 71.9 Å². The summed E-state index contributed by atoms with van der Waals surface area (Å²) in [5.74, 6) is -0.756. The van der Waals surface area contributed by atoms with Gasteiger partial charge in [0.2, 0.25) is 5.91 Å². The fourth-order valence-corrected chi connectivity index (χ4v) is 2.83. The summed E-state index contributed by atoms with van der Waals surface area (Å²) in [6, 6.07) is 11.0. The molecule has 3 rings (SSSR count). The summed E-state index contributed by atoms with van der Waals surface area (Å²) < 4.78 is 5.55. The highest BCUT2D eigenvalue weighted by atomic mass is 79.9. The van der Waals surface area contributed by atoms with Crippen LogP contribution in [-0.4, -0.2) is 42.8 Å². The van der Waals surface area contributed by atoms with E-state index in [1.165, 1.54) is 12.0 Å². The van der Waals surface area contributed by atoms with Gasteiger partial charge in [-0.05, 0) is 30.3 Å². The molecule has 1 aromatic carbocycles. The first-order chi connectivity index (χ1) is 11.6. The van der Waals surface area contributed by atoms with Gasteiger partial charge in [-0.2, -0.15) is 0 Å². The van der Waals surface area contributed by atoms with Gasteiger partial charge in [0, 0.05) is 16.2 Å². The van der Waals surface area contributed by atoms with Crippen molar-refractivity contribution >= 4 is 39.2 Å². The summed E-state index contributed by atoms with van der Waals surface area (Å²) in [5, 5.41) is 0. The van der Waals surface area contributed by atoms with Crippen molar-refractivity contribution in [3.63, 3.8) is 0 Å². The lowest BCUT2D eigenvalue weighted by atomic mass is 10.0. The van der Waals surface area contributed by atoms with Crippen LogP contribution in [0.1, 0.15) is 11.3 Å². The molecule has 0 bridgehead atoms. The molecule has 24 heavy (non-hydrogen) atoms. The number of hydrogen-bond acceptors (Lipinski definition) is 5. The number of halogens is 1. The van der Waals surface area contributed by atoms with Crippen LogP contribution in [0.15, 0.2) is 52.1 Å². The quantitative estimate of drug-likeness (QED) is 0.756. The molecule has 0 aliphatic carbocycles. The predicted molar refractivity (Wildman–Crippen MR) is 93.3 cm³/mol. The van der Waals surface area contributed by atoms with Crippen LogP contribution in [0.2, 0.25) is 0 Å². The van der Waals surface area contributed by atoms with Crippen LogP contribution in [0.5, 0.6) is 0 Å². The zero-order chi connectivity index (χ0) is 17.1. The standard InChI is InChI=1S/C17H14BrN3O3/c1-24-16(23)10-21-14-6-5-11(18)8-12(14)17(20-9-15(21)22)13-4-2-3-7-19-13/h2-8H,9-10H2,1H3. The van der Waals surface area contributed by atoms with E-state index in [0.717, 1.165) is 10.0 Å². The normalized spacial score (nSPS) is 13.8. The first kappa shape index (κ1) is 16.3. The third kappa shape index (κ3) is 3.21. The fraction of sp³-hybridized carbons (Fsp3) is 0.176. The second-order valence-corrected chi connectivity index (χ2v) is 6.01. The largest absolute Gasteiger partial charge is 0.468 e. The van der Waals surface area contributed by atoms with Crippen LogP contribution in [0.3, 0.4) is 0 Å². The highest BCUT2D eigenvalue weighted by Crippen LogP contribution is 2.29. The molecule has 1 aliphatic rings. The van der Waals surface area contributed by atoms with Gasteiger partial charge in [0.25, 0.3) is 0 Å². The Morgan fingerprint density at radius 3 is 2.88 bits per heavy atom. The third-order valence-corrected chi connectivity index (χ3v) is 4.09. The molecule has 0 radical (unpaired) electrons. The number of methoxy groups -OCH3 is 1. The van der Waals surface area contributed by atoms with E-state index in [1.807, 2.05) is 30.3 Å². The average Bonchev–Trinajstić information content (AvgIpc) is 2.73. The number of rotatable bonds is 3. The van der Waals surface area contributed by atoms with Gasteiger partial charge in [0.1, 0.15) is 13.1 Å². The van der Waals surface area contributed by atoms with Crippen molar-refractivity contribution in [1.82, 2.24) is 4.98 Å². The van der Waals surface area contributed by atoms with Crippen LogP contribution < -0.4 is 4.90 Å². The molecule has 0 fully saturated rings. The molecule has 122 valence electrons. The molecular formula is C17H14BrN3O3. The highest BCUT2D eigenvalue weighted by molar-refractivity contribution is 9.10. The second-order valence-electron chi connectivity index (χ2n) is 5.10. The summed E-state index contributed by atoms with van der Waals surface area (Å²) >= 11 is 3.45. The van der Waals surface area contributed by atoms with Crippen molar-refractivity contribution in [2.75, 3.05) is 25.1 Å². The Balaban J connectivity index is 2.14. The molecule has 0 atom stereocenters. The zero-order valence-corrected chi connectivity index (χ0v) is 14.5. The Hall–Kier alpha value is -2.54. The Bertz CT molecular complexity index is 821. The van der Waals surface area contributed by atoms with Gasteiger partial charge < -0.3 is 4.74 Å². The van der Waals surface area contributed by atoms with Gasteiger partial charge >= 0.3 is 5.97 Å². The molecule has 0 N–H and O–H groups in total. The van der Waals surface area contributed by atoms with Crippen molar-refractivity contribution in [1.29, 1.82) is 0 Å². The fourth-order valence-electron chi connectivity index (χ4n) is 2.47. The summed E-state index contributed by atoms with van der Waals surface area (Å²) in [6.45, 7) is -0.218. The van der Waals surface area contributed by atoms with Gasteiger partial charge in [-0.25, -0.2) is 0 Å². The molecule has 2 aromatic rings. The minimum atomic E-state index is -0.487. The van der Waals surface area contributed by atoms with Gasteiger partial charge in [0.15, 0.2) is 0 Å². The van der Waals surface area contributed by atoms with E-state index in [9.17, 15) is 9.59 Å². The molecule has 1 aromatic heterocycles. The number of hydrogen-bond donors (Lipinski definition) is 0. The highest BCUT2D eigenvalue weighted by Gasteiger charge is 2.27. The Morgan fingerprint density at radius 1 is 1.33 bits per heavy atom. The third-order valence-electron chi connectivity index (χ3n) is 3.60. The smallest absolute Gasteiger partial charge is 0.325 e. The first-order valence-corrected chi connectivity index (χ1v) is 8.02. The van der Waals surface area contributed by atoms with Gasteiger partial charge in [0.05, 0.1) is 24.2 Å². The number of benzene rings is 1. The van der Waals surface area contributed by atoms with Crippen LogP contribution in [-0.2, 0) is 14.3 Å². The molecule has 0 saturated carbocycles. The number of esters is 1. The van der Waals surface area contributed by atoms with Crippen LogP contribution >= 0.6 is 15.9 Å². The predicted octanol–water partition coefficient (Wildman–Crippen LogP) is 2.20. The number of amides is 1. The monoisotopic (exact) mass is 387 g/mol. The molecule has 1 aliphatic heterocycles. The van der Waals surface area contributed by atoms with E-state index >= 15 is 0 Å². The summed E-state index contributed by atoms with van der Waals surface area (Å²) in [4.78, 5) is 34.3. The minimum Gasteiger partial charge on any atom is -0.468 e. The number of carbonyl (C=O) groups excluding carboxylic acids is 2. The van der Waals surface area contributed by atoms with E-state index in [4.69, 9.17) is 4.74 Å². The van der Waals surface area contributed by atoms with E-state index in [1.54, 1.807) is 12.3 Å². The number of aliphatic imine (C=N–C) groups is 1. The van der Waals surface area contributed by atoms with E-state index in [-0.39, 0.29) is 19.0 Å². The molecule has 7 heteroatoms. The maximum Gasteiger partial charge on any atom is 0.325 e. The van der Waals surface area contributed by atoms with Crippen LogP contribution in [0, 0.1) is 0 Å². The van der Waals surface area contributed by atoms with Gasteiger partial charge in [-0.1, -0.05) is 22.0 Å². The lowest BCUT2D eigenvalue weighted by molar-refractivity contribution is -0.139. The number of anilines is 1. The van der Waals surface area contributed by atoms with Crippen molar-refractivity contribution in [2.45, 2.75) is 0 Å². The first-order valence-electron chi connectivity index (χ1n) is 7.23. The second kappa shape index (κ2) is 6.92. The molecule has 1 amide bonds. The van der Waals surface area contributed by atoms with Crippen molar-refractivity contribution < 1.29 is 14.3 Å². The van der Waals surface area contributed by atoms with Crippen molar-refractivity contribution in [2.24, 2.45) is 4.99 Å². The van der Waals surface area contributed by atoms with Crippen LogP contribution in [0.25, 0.3) is 0 Å². The summed E-state index contributed by atoms with van der Waals surface area (Å²) in [6.07, 6.45) is 1.68. The number of benzodiazepines with no additional fused rings is 1. The Labute approximate surface area is 147 Å². The van der Waals surface area contributed by atoms with E-state index in [0.29, 0.717) is 17.1 Å². The Kier molecular flexibility index (Phi) is 4.71. The van der Waals surface area contributed by atoms with E-state index < -0.39 is 5.97 Å². The molecule has 0 spiro atoms. The average molecular weight is 388 g/mol. The number of ether oxygens (including phenoxy) is 1. The number of aromatic nitrogens is 1. The number of carbonyl (C=O) groups is 2. The summed E-state index contributed by atoms with van der Waals surface area (Å²) in [7, 11) is 1.29. The van der Waals surface area contributed by atoms with Crippen molar-refractivity contribution in [3.8, 4) is 0 Å². The maximum absolute atomic E-state index is 12.5. The molecule has 0 unspecified atom stereocenters. The maximum atomic E-state index is 12.5. The zero-order valence-electron chi connectivity index (χ0n) is 12.9. The molecule has 6 nitrogen and oxygen atoms in total. The lowest BCUT2D eigenvalue weighted by Gasteiger charge is -2.22. The Morgan fingerprint density at radius 2 is 2.17 bits per heavy atom. The molecule has 0 saturated heterocycles.